The van der Waals surface area contributed by atoms with Crippen molar-refractivity contribution in [3.05, 3.63) is 47.5 Å². The Labute approximate surface area is 265 Å². The van der Waals surface area contributed by atoms with E-state index in [2.05, 4.69) is 10.6 Å². The molecule has 0 spiro atoms. The van der Waals surface area contributed by atoms with Crippen LogP contribution >= 0.6 is 0 Å². The van der Waals surface area contributed by atoms with E-state index >= 15 is 0 Å². The molecule has 45 heavy (non-hydrogen) atoms. The van der Waals surface area contributed by atoms with Crippen LogP contribution in [0.4, 0.5) is 9.18 Å². The van der Waals surface area contributed by atoms with E-state index in [0.717, 1.165) is 5.56 Å². The standard InChI is InChI=1S/C33H47FN2O9/c1-32(2,3)44-30(38)26(36-31(39)45-33(4,5)6)17-22(16-21-10-12-23(13-11-21)43-15-14-34)29(37)35-20-25-27(41-8)18-24(40-7)19-28(25)42-9/h10-13,18-19,22,26H,14-17,20H2,1-9H3,(H,35,37)(H,36,39)/t22-,26-/m0/s1. The molecule has 2 N–H and O–H groups in total. The van der Waals surface area contributed by atoms with Crippen molar-refractivity contribution < 1.29 is 47.2 Å². The lowest BCUT2D eigenvalue weighted by Gasteiger charge is -2.28. The predicted molar refractivity (Wildman–Crippen MR) is 167 cm³/mol. The summed E-state index contributed by atoms with van der Waals surface area (Å²) >= 11 is 0. The zero-order valence-corrected chi connectivity index (χ0v) is 27.7. The minimum atomic E-state index is -1.20. The minimum Gasteiger partial charge on any atom is -0.496 e. The Bertz CT molecular complexity index is 1250. The van der Waals surface area contributed by atoms with E-state index in [4.69, 9.17) is 28.4 Å². The van der Waals surface area contributed by atoms with E-state index in [9.17, 15) is 18.8 Å². The molecule has 0 saturated heterocycles. The molecule has 0 heterocycles. The number of carbonyl (C=O) groups excluding carboxylic acids is 3. The highest BCUT2D eigenvalue weighted by Crippen LogP contribution is 2.34. The van der Waals surface area contributed by atoms with Crippen LogP contribution in [-0.4, -0.2) is 69.8 Å². The summed E-state index contributed by atoms with van der Waals surface area (Å²) in [6.07, 6.45) is -0.724. The second-order valence-corrected chi connectivity index (χ2v) is 12.3. The second kappa shape index (κ2) is 16.7. The number of ether oxygens (including phenoxy) is 6. The van der Waals surface area contributed by atoms with Gasteiger partial charge in [0.25, 0.3) is 0 Å². The Morgan fingerprint density at radius 3 is 1.89 bits per heavy atom. The van der Waals surface area contributed by atoms with Gasteiger partial charge in [0.2, 0.25) is 5.91 Å². The first-order valence-corrected chi connectivity index (χ1v) is 14.7. The monoisotopic (exact) mass is 634 g/mol. The van der Waals surface area contributed by atoms with Gasteiger partial charge in [-0.25, -0.2) is 14.0 Å². The number of halogens is 1. The van der Waals surface area contributed by atoms with E-state index in [1.165, 1.54) is 21.3 Å². The molecule has 2 aromatic rings. The number of benzene rings is 2. The Morgan fingerprint density at radius 2 is 1.40 bits per heavy atom. The number of hydrogen-bond donors (Lipinski definition) is 2. The second-order valence-electron chi connectivity index (χ2n) is 12.3. The van der Waals surface area contributed by atoms with E-state index in [1.807, 2.05) is 0 Å². The fourth-order valence-electron chi connectivity index (χ4n) is 4.34. The summed E-state index contributed by atoms with van der Waals surface area (Å²) in [4.78, 5) is 39.9. The lowest BCUT2D eigenvalue weighted by molar-refractivity contribution is -0.158. The van der Waals surface area contributed by atoms with Crippen molar-refractivity contribution in [2.45, 2.75) is 78.2 Å². The number of hydrogen-bond acceptors (Lipinski definition) is 9. The molecule has 12 heteroatoms. The van der Waals surface area contributed by atoms with E-state index in [1.54, 1.807) is 77.9 Å². The SMILES string of the molecule is COc1cc(OC)c(CNC(=O)[C@@H](Cc2ccc(OCCF)cc2)C[C@H](NC(=O)OC(C)(C)C)C(=O)OC(C)(C)C)c(OC)c1. The lowest BCUT2D eigenvalue weighted by atomic mass is 9.91. The third-order valence-electron chi connectivity index (χ3n) is 6.28. The third kappa shape index (κ3) is 12.7. The number of methoxy groups -OCH3 is 3. The molecule has 0 radical (unpaired) electrons. The van der Waals surface area contributed by atoms with Gasteiger partial charge in [0.1, 0.15) is 53.5 Å². The maximum Gasteiger partial charge on any atom is 0.408 e. The largest absolute Gasteiger partial charge is 0.496 e. The molecule has 11 nitrogen and oxygen atoms in total. The molecule has 0 aromatic heterocycles. The number of rotatable bonds is 15. The van der Waals surface area contributed by atoms with E-state index in [-0.39, 0.29) is 26.0 Å². The van der Waals surface area contributed by atoms with Crippen molar-refractivity contribution >= 4 is 18.0 Å². The van der Waals surface area contributed by atoms with Gasteiger partial charge in [-0.05, 0) is 72.1 Å². The summed E-state index contributed by atoms with van der Waals surface area (Å²) < 4.78 is 45.2. The first-order chi connectivity index (χ1) is 21.1. The Morgan fingerprint density at radius 1 is 0.822 bits per heavy atom. The first-order valence-electron chi connectivity index (χ1n) is 14.7. The van der Waals surface area contributed by atoms with Crippen LogP contribution in [-0.2, 0) is 32.0 Å². The minimum absolute atomic E-state index is 0.0400. The number of carbonyl (C=O) groups is 3. The van der Waals surface area contributed by atoms with Gasteiger partial charge in [-0.3, -0.25) is 4.79 Å². The quantitative estimate of drug-likeness (QED) is 0.255. The summed E-state index contributed by atoms with van der Waals surface area (Å²) in [6.45, 7) is 9.58. The molecule has 2 aromatic carbocycles. The van der Waals surface area contributed by atoms with E-state index < -0.39 is 47.8 Å². The van der Waals surface area contributed by atoms with Crippen LogP contribution in [0.3, 0.4) is 0 Å². The Balaban J connectivity index is 2.42. The van der Waals surface area contributed by atoms with Crippen LogP contribution in [0.5, 0.6) is 23.0 Å². The van der Waals surface area contributed by atoms with Crippen LogP contribution in [0.2, 0.25) is 0 Å². The molecule has 0 bridgehead atoms. The molecular weight excluding hydrogens is 587 g/mol. The molecule has 0 saturated carbocycles. The Hall–Kier alpha value is -4.22. The summed E-state index contributed by atoms with van der Waals surface area (Å²) in [5.41, 5.74) is -0.332. The lowest BCUT2D eigenvalue weighted by Crippen LogP contribution is -2.48. The van der Waals surface area contributed by atoms with Crippen molar-refractivity contribution in [3.8, 4) is 23.0 Å². The first kappa shape index (κ1) is 37.0. The predicted octanol–water partition coefficient (Wildman–Crippen LogP) is 5.16. The highest BCUT2D eigenvalue weighted by atomic mass is 19.1. The molecule has 2 atom stereocenters. The van der Waals surface area contributed by atoms with Crippen molar-refractivity contribution in [3.63, 3.8) is 0 Å². The summed E-state index contributed by atoms with van der Waals surface area (Å²) in [6, 6.07) is 9.02. The van der Waals surface area contributed by atoms with Crippen LogP contribution < -0.4 is 29.6 Å². The molecule has 2 rings (SSSR count). The zero-order valence-electron chi connectivity index (χ0n) is 27.7. The Kier molecular flexibility index (Phi) is 13.8. The average Bonchev–Trinajstić information content (AvgIpc) is 2.96. The zero-order chi connectivity index (χ0) is 33.8. The summed E-state index contributed by atoms with van der Waals surface area (Å²) in [5, 5.41) is 5.52. The average molecular weight is 635 g/mol. The van der Waals surface area contributed by atoms with Gasteiger partial charge in [-0.2, -0.15) is 0 Å². The number of alkyl halides is 1. The van der Waals surface area contributed by atoms with Gasteiger partial charge in [0.05, 0.1) is 33.4 Å². The summed E-state index contributed by atoms with van der Waals surface area (Å²) in [5.74, 6) is -0.0224. The molecule has 0 aliphatic heterocycles. The fourth-order valence-corrected chi connectivity index (χ4v) is 4.34. The fraction of sp³-hybridized carbons (Fsp3) is 0.545. The van der Waals surface area contributed by atoms with Crippen molar-refractivity contribution in [2.24, 2.45) is 5.92 Å². The molecule has 0 unspecified atom stereocenters. The van der Waals surface area contributed by atoms with Crippen molar-refractivity contribution in [1.82, 2.24) is 10.6 Å². The normalized spacial score (nSPS) is 12.8. The third-order valence-corrected chi connectivity index (χ3v) is 6.28. The number of alkyl carbamates (subject to hydrolysis) is 1. The molecular formula is C33H47FN2O9. The van der Waals surface area contributed by atoms with Gasteiger partial charge in [-0.15, -0.1) is 0 Å². The molecule has 0 fully saturated rings. The van der Waals surface area contributed by atoms with Gasteiger partial charge in [-0.1, -0.05) is 12.1 Å². The highest BCUT2D eigenvalue weighted by molar-refractivity contribution is 5.84. The van der Waals surface area contributed by atoms with Crippen LogP contribution in [0.15, 0.2) is 36.4 Å². The maximum atomic E-state index is 13.8. The number of nitrogens with one attached hydrogen (secondary N) is 2. The smallest absolute Gasteiger partial charge is 0.408 e. The molecule has 0 aliphatic rings. The van der Waals surface area contributed by atoms with Crippen molar-refractivity contribution in [2.75, 3.05) is 34.6 Å². The van der Waals surface area contributed by atoms with Crippen LogP contribution in [0.1, 0.15) is 59.1 Å². The van der Waals surface area contributed by atoms with Crippen LogP contribution in [0.25, 0.3) is 0 Å². The maximum absolute atomic E-state index is 13.8. The molecule has 0 aliphatic carbocycles. The molecule has 2 amide bonds. The summed E-state index contributed by atoms with van der Waals surface area (Å²) in [7, 11) is 4.51. The highest BCUT2D eigenvalue weighted by Gasteiger charge is 2.33. The van der Waals surface area contributed by atoms with Gasteiger partial charge in [0, 0.05) is 18.1 Å². The molecule has 250 valence electrons. The number of esters is 1. The van der Waals surface area contributed by atoms with Crippen molar-refractivity contribution in [1.29, 1.82) is 0 Å². The van der Waals surface area contributed by atoms with Crippen LogP contribution in [0, 0.1) is 5.92 Å². The van der Waals surface area contributed by atoms with Gasteiger partial charge < -0.3 is 39.1 Å². The van der Waals surface area contributed by atoms with Gasteiger partial charge in [0.15, 0.2) is 0 Å². The van der Waals surface area contributed by atoms with E-state index in [0.29, 0.717) is 28.6 Å². The number of amides is 2. The topological polar surface area (TPSA) is 131 Å². The van der Waals surface area contributed by atoms with Gasteiger partial charge >= 0.3 is 12.1 Å².